The number of imidazole rings is 1. The lowest BCUT2D eigenvalue weighted by molar-refractivity contribution is -0.118. The summed E-state index contributed by atoms with van der Waals surface area (Å²) in [4.78, 5) is 32.4. The van der Waals surface area contributed by atoms with Crippen molar-refractivity contribution in [1.29, 1.82) is 0 Å². The Morgan fingerprint density at radius 3 is 2.42 bits per heavy atom. The number of nitrogens with one attached hydrogen (secondary N) is 1. The average Bonchev–Trinajstić information content (AvgIpc) is 3.22. The average molecular weight is 443 g/mol. The van der Waals surface area contributed by atoms with Gasteiger partial charge >= 0.3 is 0 Å². The van der Waals surface area contributed by atoms with Gasteiger partial charge in [-0.3, -0.25) is 9.59 Å². The molecule has 0 aliphatic heterocycles. The Labute approximate surface area is 192 Å². The van der Waals surface area contributed by atoms with E-state index in [4.69, 9.17) is 9.72 Å². The van der Waals surface area contributed by atoms with E-state index in [2.05, 4.69) is 5.32 Å². The first kappa shape index (κ1) is 22.1. The third-order valence-electron chi connectivity index (χ3n) is 5.58. The zero-order valence-electron chi connectivity index (χ0n) is 18.9. The van der Waals surface area contributed by atoms with Crippen LogP contribution < -0.4 is 15.0 Å². The van der Waals surface area contributed by atoms with Crippen LogP contribution in [0.4, 0.5) is 5.69 Å². The smallest absolute Gasteiger partial charge is 0.255 e. The van der Waals surface area contributed by atoms with Gasteiger partial charge in [0, 0.05) is 12.7 Å². The molecule has 1 aromatic heterocycles. The Kier molecular flexibility index (Phi) is 6.40. The molecule has 33 heavy (non-hydrogen) atoms. The van der Waals surface area contributed by atoms with Gasteiger partial charge in [-0.2, -0.15) is 0 Å². The third-order valence-corrected chi connectivity index (χ3v) is 5.58. The van der Waals surface area contributed by atoms with Crippen LogP contribution in [0.3, 0.4) is 0 Å². The highest BCUT2D eigenvalue weighted by Gasteiger charge is 2.23. The van der Waals surface area contributed by atoms with Gasteiger partial charge in [-0.25, -0.2) is 4.98 Å². The number of likely N-dealkylation sites (N-methyl/N-ethyl adjacent to an activating group) is 1. The van der Waals surface area contributed by atoms with Gasteiger partial charge in [0.1, 0.15) is 18.1 Å². The van der Waals surface area contributed by atoms with E-state index in [-0.39, 0.29) is 18.4 Å². The molecule has 0 radical (unpaired) electrons. The van der Waals surface area contributed by atoms with Crippen LogP contribution >= 0.6 is 0 Å². The maximum Gasteiger partial charge on any atom is 0.255 e. The number of amides is 2. The normalized spacial score (nSPS) is 11.7. The number of aromatic nitrogens is 2. The van der Waals surface area contributed by atoms with Crippen LogP contribution in [0.1, 0.15) is 29.1 Å². The highest BCUT2D eigenvalue weighted by atomic mass is 16.5. The minimum absolute atomic E-state index is 0.0890. The van der Waals surface area contributed by atoms with E-state index < -0.39 is 6.04 Å². The fourth-order valence-electron chi connectivity index (χ4n) is 3.80. The number of anilines is 1. The lowest BCUT2D eigenvalue weighted by Crippen LogP contribution is -2.33. The molecule has 1 N–H and O–H groups in total. The zero-order valence-corrected chi connectivity index (χ0v) is 18.9. The highest BCUT2D eigenvalue weighted by Crippen LogP contribution is 2.23. The number of ether oxygens (including phenoxy) is 1. The molecule has 0 bridgehead atoms. The summed E-state index contributed by atoms with van der Waals surface area (Å²) in [7, 11) is 3.28. The molecule has 2 amide bonds. The Balaban J connectivity index is 1.63. The van der Waals surface area contributed by atoms with Gasteiger partial charge in [-0.1, -0.05) is 42.5 Å². The van der Waals surface area contributed by atoms with Gasteiger partial charge in [0.2, 0.25) is 5.91 Å². The standard InChI is InChI=1S/C26H26N4O3/c1-18(27-26(32)20-13-7-10-16-23(20)33-3)25-28-21-14-8-9-15-22(21)30(25)17-24(31)29(2)19-11-5-4-6-12-19/h4-16,18H,17H2,1-3H3,(H,27,32). The van der Waals surface area contributed by atoms with E-state index in [9.17, 15) is 9.59 Å². The second kappa shape index (κ2) is 9.56. The van der Waals surface area contributed by atoms with E-state index in [1.54, 1.807) is 30.1 Å². The number of carbonyl (C=O) groups is 2. The Bertz CT molecular complexity index is 1280. The van der Waals surface area contributed by atoms with Crippen molar-refractivity contribution in [3.63, 3.8) is 0 Å². The van der Waals surface area contributed by atoms with Gasteiger partial charge in [0.25, 0.3) is 5.91 Å². The Hall–Kier alpha value is -4.13. The molecule has 7 heteroatoms. The number of hydrogen-bond acceptors (Lipinski definition) is 4. The lowest BCUT2D eigenvalue weighted by Gasteiger charge is -2.20. The van der Waals surface area contributed by atoms with Crippen LogP contribution in [0.25, 0.3) is 11.0 Å². The molecule has 1 atom stereocenters. The van der Waals surface area contributed by atoms with Gasteiger partial charge in [0.05, 0.1) is 29.7 Å². The summed E-state index contributed by atoms with van der Waals surface area (Å²) in [6.07, 6.45) is 0. The molecule has 0 spiro atoms. The summed E-state index contributed by atoms with van der Waals surface area (Å²) in [5.74, 6) is 0.741. The fourth-order valence-corrected chi connectivity index (χ4v) is 3.80. The summed E-state index contributed by atoms with van der Waals surface area (Å²) in [6, 6.07) is 23.7. The third kappa shape index (κ3) is 4.57. The molecular weight excluding hydrogens is 416 g/mol. The Morgan fingerprint density at radius 1 is 1.00 bits per heavy atom. The van der Waals surface area contributed by atoms with Crippen molar-refractivity contribution in [1.82, 2.24) is 14.9 Å². The van der Waals surface area contributed by atoms with E-state index in [0.717, 1.165) is 16.7 Å². The molecule has 0 saturated carbocycles. The molecule has 4 rings (SSSR count). The zero-order chi connectivity index (χ0) is 23.4. The fraction of sp³-hybridized carbons (Fsp3) is 0.192. The number of nitrogens with zero attached hydrogens (tertiary/aromatic N) is 3. The van der Waals surface area contributed by atoms with Crippen molar-refractivity contribution >= 4 is 28.5 Å². The summed E-state index contributed by atoms with van der Waals surface area (Å²) in [5, 5.41) is 3.00. The quantitative estimate of drug-likeness (QED) is 0.465. The van der Waals surface area contributed by atoms with Crippen molar-refractivity contribution < 1.29 is 14.3 Å². The number of carbonyl (C=O) groups excluding carboxylic acids is 2. The lowest BCUT2D eigenvalue weighted by atomic mass is 10.1. The van der Waals surface area contributed by atoms with Crippen LogP contribution in [0, 0.1) is 0 Å². The largest absolute Gasteiger partial charge is 0.496 e. The van der Waals surface area contributed by atoms with Crippen molar-refractivity contribution in [3.05, 3.63) is 90.3 Å². The summed E-state index contributed by atoms with van der Waals surface area (Å²) in [6.45, 7) is 1.95. The first-order chi connectivity index (χ1) is 16.0. The van der Waals surface area contributed by atoms with Crippen LogP contribution in [-0.4, -0.2) is 35.5 Å². The number of rotatable bonds is 7. The number of methoxy groups -OCH3 is 1. The first-order valence-electron chi connectivity index (χ1n) is 10.7. The van der Waals surface area contributed by atoms with Crippen LogP contribution in [0.15, 0.2) is 78.9 Å². The van der Waals surface area contributed by atoms with Crippen molar-refractivity contribution in [2.75, 3.05) is 19.1 Å². The minimum Gasteiger partial charge on any atom is -0.496 e. The molecule has 3 aromatic carbocycles. The highest BCUT2D eigenvalue weighted by molar-refractivity contribution is 5.97. The van der Waals surface area contributed by atoms with Gasteiger partial charge in [-0.05, 0) is 43.3 Å². The maximum absolute atomic E-state index is 13.1. The van der Waals surface area contributed by atoms with E-state index in [0.29, 0.717) is 17.1 Å². The molecule has 1 unspecified atom stereocenters. The topological polar surface area (TPSA) is 76.5 Å². The monoisotopic (exact) mass is 442 g/mol. The SMILES string of the molecule is COc1ccccc1C(=O)NC(C)c1nc2ccccc2n1CC(=O)N(C)c1ccccc1. The van der Waals surface area contributed by atoms with E-state index >= 15 is 0 Å². The second-order valence-electron chi connectivity index (χ2n) is 7.73. The van der Waals surface area contributed by atoms with Crippen LogP contribution in [0.5, 0.6) is 5.75 Å². The van der Waals surface area contributed by atoms with Crippen LogP contribution in [-0.2, 0) is 11.3 Å². The minimum atomic E-state index is -0.440. The second-order valence-corrected chi connectivity index (χ2v) is 7.73. The molecule has 0 saturated heterocycles. The van der Waals surface area contributed by atoms with Gasteiger partial charge in [0.15, 0.2) is 0 Å². The Morgan fingerprint density at radius 2 is 1.67 bits per heavy atom. The van der Waals surface area contributed by atoms with Gasteiger partial charge < -0.3 is 19.5 Å². The maximum atomic E-state index is 13.1. The van der Waals surface area contributed by atoms with Crippen molar-refractivity contribution in [2.24, 2.45) is 0 Å². The molecular formula is C26H26N4O3. The molecule has 0 fully saturated rings. The predicted octanol–water partition coefficient (Wildman–Crippen LogP) is 4.20. The molecule has 7 nitrogen and oxygen atoms in total. The van der Waals surface area contributed by atoms with E-state index in [1.807, 2.05) is 72.2 Å². The summed E-state index contributed by atoms with van der Waals surface area (Å²) >= 11 is 0. The first-order valence-corrected chi connectivity index (χ1v) is 10.7. The molecule has 0 aliphatic carbocycles. The molecule has 0 aliphatic rings. The van der Waals surface area contributed by atoms with Crippen molar-refractivity contribution in [2.45, 2.75) is 19.5 Å². The number of benzene rings is 3. The summed E-state index contributed by atoms with van der Waals surface area (Å²) < 4.78 is 7.18. The predicted molar refractivity (Wildman–Crippen MR) is 128 cm³/mol. The molecule has 4 aromatic rings. The van der Waals surface area contributed by atoms with Crippen LogP contribution in [0.2, 0.25) is 0 Å². The molecule has 1 heterocycles. The number of hydrogen-bond donors (Lipinski definition) is 1. The number of para-hydroxylation sites is 4. The van der Waals surface area contributed by atoms with Gasteiger partial charge in [-0.15, -0.1) is 0 Å². The molecule has 168 valence electrons. The number of fused-ring (bicyclic) bond motifs is 1. The van der Waals surface area contributed by atoms with Crippen molar-refractivity contribution in [3.8, 4) is 5.75 Å². The summed E-state index contributed by atoms with van der Waals surface area (Å²) in [5.41, 5.74) is 2.85. The van der Waals surface area contributed by atoms with E-state index in [1.165, 1.54) is 7.11 Å².